The van der Waals surface area contributed by atoms with Crippen LogP contribution in [0.1, 0.15) is 45.8 Å². The van der Waals surface area contributed by atoms with Gasteiger partial charge in [-0.15, -0.1) is 0 Å². The van der Waals surface area contributed by atoms with Gasteiger partial charge in [0.2, 0.25) is 10.0 Å². The minimum Gasteiger partial charge on any atom is -0.427 e. The molecule has 0 spiro atoms. The van der Waals surface area contributed by atoms with Gasteiger partial charge in [0.15, 0.2) is 5.69 Å². The number of hydrogen-bond donors (Lipinski definition) is 3. The Kier molecular flexibility index (Phi) is 9.00. The second-order valence-electron chi connectivity index (χ2n) is 8.76. The average molecular weight is 537 g/mol. The molecule has 2 atom stereocenters. The normalized spacial score (nSPS) is 13.4. The summed E-state index contributed by atoms with van der Waals surface area (Å²) in [5, 5.41) is 14.3. The number of sulfonamides is 1. The molecule has 0 saturated carbocycles. The summed E-state index contributed by atoms with van der Waals surface area (Å²) >= 11 is 0. The van der Waals surface area contributed by atoms with Crippen molar-refractivity contribution in [3.05, 3.63) is 82.2 Å². The van der Waals surface area contributed by atoms with Crippen molar-refractivity contribution in [2.24, 2.45) is 5.73 Å². The van der Waals surface area contributed by atoms with Crippen molar-refractivity contribution >= 4 is 21.9 Å². The van der Waals surface area contributed by atoms with Gasteiger partial charge >= 0.3 is 6.01 Å². The molecule has 0 bridgehead atoms. The van der Waals surface area contributed by atoms with Crippen LogP contribution in [-0.2, 0) is 29.4 Å². The van der Waals surface area contributed by atoms with Crippen LogP contribution in [0.15, 0.2) is 46.9 Å². The van der Waals surface area contributed by atoms with Crippen LogP contribution in [0.4, 0.5) is 14.8 Å². The lowest BCUT2D eigenvalue weighted by Gasteiger charge is -2.22. The number of anilines is 1. The maximum atomic E-state index is 13.9. The van der Waals surface area contributed by atoms with E-state index in [0.29, 0.717) is 16.9 Å². The van der Waals surface area contributed by atoms with Gasteiger partial charge in [-0.1, -0.05) is 31.2 Å². The topological polar surface area (TPSA) is 139 Å². The molecule has 0 aliphatic carbocycles. The molecule has 0 unspecified atom stereocenters. The molecule has 1 amide bonds. The summed E-state index contributed by atoms with van der Waals surface area (Å²) in [4.78, 5) is 16.1. The highest BCUT2D eigenvalue weighted by Crippen LogP contribution is 2.32. The molecule has 0 radical (unpaired) electrons. The summed E-state index contributed by atoms with van der Waals surface area (Å²) in [6.45, 7) is 2.47. The molecule has 4 N–H and O–H groups in total. The standard InChI is InChI=1S/C25H30F2N4O5S/c1-4-15-6-5-7-16(8-15)13-29-14-21(32)20(11-17-9-18(26)12-19(27)10-17)23-22(24(28)33)30-25(36-23)31(2)37(3,34)35/h5-10,12,20-21,29,32H,4,11,13-14H2,1-3H3,(H2,28,33)/t20-,21-/m0/s1. The monoisotopic (exact) mass is 536 g/mol. The van der Waals surface area contributed by atoms with Gasteiger partial charge in [0, 0.05) is 26.2 Å². The van der Waals surface area contributed by atoms with Crippen LogP contribution in [0.5, 0.6) is 0 Å². The van der Waals surface area contributed by atoms with Gasteiger partial charge in [-0.2, -0.15) is 4.98 Å². The van der Waals surface area contributed by atoms with E-state index in [4.69, 9.17) is 10.2 Å². The first kappa shape index (κ1) is 28.2. The van der Waals surface area contributed by atoms with Crippen LogP contribution in [0, 0.1) is 11.6 Å². The molecule has 1 aromatic heterocycles. The van der Waals surface area contributed by atoms with Crippen LogP contribution in [-0.4, -0.2) is 50.4 Å². The molecular weight excluding hydrogens is 506 g/mol. The number of primary amides is 1. The molecule has 0 fully saturated rings. The molecule has 3 rings (SSSR count). The maximum absolute atomic E-state index is 13.9. The lowest BCUT2D eigenvalue weighted by atomic mass is 9.90. The Balaban J connectivity index is 1.94. The Morgan fingerprint density at radius 3 is 2.41 bits per heavy atom. The number of benzene rings is 2. The molecule has 200 valence electrons. The van der Waals surface area contributed by atoms with Crippen LogP contribution in [0.2, 0.25) is 0 Å². The predicted molar refractivity (Wildman–Crippen MR) is 135 cm³/mol. The van der Waals surface area contributed by atoms with Gasteiger partial charge < -0.3 is 20.6 Å². The van der Waals surface area contributed by atoms with E-state index < -0.39 is 45.6 Å². The Morgan fingerprint density at radius 2 is 1.81 bits per heavy atom. The number of aliphatic hydroxyl groups is 1. The quantitative estimate of drug-likeness (QED) is 0.323. The van der Waals surface area contributed by atoms with E-state index in [-0.39, 0.29) is 30.0 Å². The van der Waals surface area contributed by atoms with Crippen molar-refractivity contribution in [3.8, 4) is 0 Å². The third kappa shape index (κ3) is 7.34. The second-order valence-corrected chi connectivity index (χ2v) is 10.8. The fraction of sp³-hybridized carbons (Fsp3) is 0.360. The lowest BCUT2D eigenvalue weighted by Crippen LogP contribution is -2.33. The highest BCUT2D eigenvalue weighted by atomic mass is 32.2. The Hall–Kier alpha value is -3.35. The van der Waals surface area contributed by atoms with Gasteiger partial charge in [0.05, 0.1) is 18.3 Å². The molecule has 2 aromatic carbocycles. The van der Waals surface area contributed by atoms with E-state index in [1.807, 2.05) is 31.2 Å². The van der Waals surface area contributed by atoms with Crippen LogP contribution < -0.4 is 15.4 Å². The number of hydrogen-bond acceptors (Lipinski definition) is 7. The summed E-state index contributed by atoms with van der Waals surface area (Å²) in [7, 11) is -2.63. The number of aromatic nitrogens is 1. The number of carbonyl (C=O) groups excluding carboxylic acids is 1. The largest absolute Gasteiger partial charge is 0.427 e. The molecule has 0 saturated heterocycles. The highest BCUT2D eigenvalue weighted by Gasteiger charge is 2.33. The number of aryl methyl sites for hydroxylation is 1. The zero-order chi connectivity index (χ0) is 27.3. The summed E-state index contributed by atoms with van der Waals surface area (Å²) in [6.07, 6.45) is 0.401. The fourth-order valence-corrected chi connectivity index (χ4v) is 4.24. The average Bonchev–Trinajstić information content (AvgIpc) is 3.26. The van der Waals surface area contributed by atoms with Crippen molar-refractivity contribution in [3.63, 3.8) is 0 Å². The van der Waals surface area contributed by atoms with Crippen molar-refractivity contribution in [1.82, 2.24) is 10.3 Å². The first-order valence-corrected chi connectivity index (χ1v) is 13.4. The zero-order valence-electron chi connectivity index (χ0n) is 20.7. The molecule has 9 nitrogen and oxygen atoms in total. The Morgan fingerprint density at radius 1 is 1.16 bits per heavy atom. The number of oxazole rings is 1. The molecule has 3 aromatic rings. The van der Waals surface area contributed by atoms with Crippen LogP contribution >= 0.6 is 0 Å². The number of amides is 1. The number of nitrogens with zero attached hydrogens (tertiary/aromatic N) is 2. The SMILES string of the molecule is CCc1cccc(CNC[C@H](O)[C@H](Cc2cc(F)cc(F)c2)c2oc(N(C)S(C)(=O)=O)nc2C(N)=O)c1. The smallest absolute Gasteiger partial charge is 0.312 e. The third-order valence-electron chi connectivity index (χ3n) is 5.90. The van der Waals surface area contributed by atoms with E-state index in [2.05, 4.69) is 10.3 Å². The van der Waals surface area contributed by atoms with E-state index in [0.717, 1.165) is 35.9 Å². The number of aliphatic hydroxyl groups excluding tert-OH is 1. The second kappa shape index (κ2) is 11.8. The summed E-state index contributed by atoms with van der Waals surface area (Å²) in [6, 6.07) is 10.4. The minimum atomic E-state index is -3.80. The predicted octanol–water partition coefficient (Wildman–Crippen LogP) is 2.49. The van der Waals surface area contributed by atoms with Crippen molar-refractivity contribution in [2.45, 2.75) is 38.3 Å². The molecule has 1 heterocycles. The van der Waals surface area contributed by atoms with Gasteiger partial charge in [-0.3, -0.25) is 4.79 Å². The number of rotatable bonds is 12. The Labute approximate surface area is 214 Å². The maximum Gasteiger partial charge on any atom is 0.312 e. The number of nitrogens with one attached hydrogen (secondary N) is 1. The summed E-state index contributed by atoms with van der Waals surface area (Å²) in [5.41, 5.74) is 7.41. The van der Waals surface area contributed by atoms with Crippen LogP contribution in [0.3, 0.4) is 0 Å². The minimum absolute atomic E-state index is 0.00890. The van der Waals surface area contributed by atoms with Gasteiger partial charge in [-0.05, 0) is 41.7 Å². The highest BCUT2D eigenvalue weighted by molar-refractivity contribution is 7.92. The van der Waals surface area contributed by atoms with Crippen molar-refractivity contribution < 1.29 is 31.5 Å². The Bertz CT molecular complexity index is 1340. The summed E-state index contributed by atoms with van der Waals surface area (Å²) in [5.74, 6) is -3.89. The number of halogens is 2. The molecular formula is C25H30F2N4O5S. The first-order chi connectivity index (χ1) is 17.4. The molecule has 37 heavy (non-hydrogen) atoms. The van der Waals surface area contributed by atoms with Crippen molar-refractivity contribution in [2.75, 3.05) is 24.2 Å². The molecule has 0 aliphatic heterocycles. The number of nitrogens with two attached hydrogens (primary N) is 1. The van der Waals surface area contributed by atoms with Gasteiger partial charge in [-0.25, -0.2) is 21.5 Å². The summed E-state index contributed by atoms with van der Waals surface area (Å²) < 4.78 is 58.1. The lowest BCUT2D eigenvalue weighted by molar-refractivity contribution is 0.0986. The zero-order valence-corrected chi connectivity index (χ0v) is 21.6. The van der Waals surface area contributed by atoms with Crippen molar-refractivity contribution in [1.29, 1.82) is 0 Å². The van der Waals surface area contributed by atoms with E-state index in [9.17, 15) is 27.1 Å². The van der Waals surface area contributed by atoms with E-state index >= 15 is 0 Å². The first-order valence-electron chi connectivity index (χ1n) is 11.5. The fourth-order valence-electron chi connectivity index (χ4n) is 3.88. The molecule has 0 aliphatic rings. The van der Waals surface area contributed by atoms with Crippen LogP contribution in [0.25, 0.3) is 0 Å². The van der Waals surface area contributed by atoms with E-state index in [1.165, 1.54) is 7.05 Å². The van der Waals surface area contributed by atoms with Gasteiger partial charge in [0.1, 0.15) is 17.4 Å². The third-order valence-corrected chi connectivity index (χ3v) is 7.05. The van der Waals surface area contributed by atoms with Gasteiger partial charge in [0.25, 0.3) is 5.91 Å². The molecule has 12 heteroatoms. The van der Waals surface area contributed by atoms with E-state index in [1.54, 1.807) is 0 Å². The number of carbonyl (C=O) groups is 1.